The highest BCUT2D eigenvalue weighted by Gasteiger charge is 2.38. The number of amides is 3. The van der Waals surface area contributed by atoms with Gasteiger partial charge >= 0.3 is 0 Å². The van der Waals surface area contributed by atoms with Crippen molar-refractivity contribution in [1.29, 1.82) is 5.26 Å². The summed E-state index contributed by atoms with van der Waals surface area (Å²) in [6, 6.07) is 56.3. The summed E-state index contributed by atoms with van der Waals surface area (Å²) < 4.78 is 30.0. The van der Waals surface area contributed by atoms with E-state index in [1.807, 2.05) is 208 Å². The molecular weight excluding hydrogens is 1620 g/mol. The maximum atomic E-state index is 14.0. The summed E-state index contributed by atoms with van der Waals surface area (Å²) in [5.41, 5.74) is 25.7. The van der Waals surface area contributed by atoms with Gasteiger partial charge in [-0.1, -0.05) is 131 Å². The zero-order chi connectivity index (χ0) is 81.6. The Labute approximate surface area is 687 Å². The monoisotopic (exact) mass is 1710 g/mol. The number of fused-ring (bicyclic) bond motifs is 9. The lowest BCUT2D eigenvalue weighted by molar-refractivity contribution is 0.0606. The Hall–Kier alpha value is -11.2. The van der Waals surface area contributed by atoms with Crippen molar-refractivity contribution < 1.29 is 32.1 Å². The summed E-state index contributed by atoms with van der Waals surface area (Å²) >= 11 is 9.73. The Kier molecular flexibility index (Phi) is 25.4. The predicted octanol–water partition coefficient (Wildman–Crippen LogP) is 17.0. The Morgan fingerprint density at radius 2 is 0.765 bits per heavy atom. The van der Waals surface area contributed by atoms with E-state index in [9.17, 15) is 34.0 Å². The first kappa shape index (κ1) is 81.8. The van der Waals surface area contributed by atoms with Gasteiger partial charge in [-0.15, -0.1) is 22.7 Å². The molecule has 0 fully saturated rings. The molecule has 9 heterocycles. The number of aryl methyl sites for hydroxylation is 3. The molecule has 0 aliphatic rings. The second-order valence-electron chi connectivity index (χ2n) is 29.2. The van der Waals surface area contributed by atoms with Crippen molar-refractivity contribution in [2.24, 2.45) is 35.0 Å². The number of halogens is 2. The Bertz CT molecular complexity index is 6050. The molecule has 15 rings (SSSR count). The molecular formula is C88H87Br2N13O10S2. The fraction of sp³-hybridized carbons (Fsp3) is 0.273. The van der Waals surface area contributed by atoms with Crippen molar-refractivity contribution in [1.82, 2.24) is 43.4 Å². The lowest BCUT2D eigenvalue weighted by Crippen LogP contribution is -2.43. The first-order chi connectivity index (χ1) is 55.4. The first-order valence-electron chi connectivity index (χ1n) is 37.8. The van der Waals surface area contributed by atoms with Gasteiger partial charge in [0.1, 0.15) is 67.5 Å². The van der Waals surface area contributed by atoms with Crippen LogP contribution in [0.4, 0.5) is 0 Å². The molecule has 0 aliphatic carbocycles. The minimum absolute atomic E-state index is 0.0558. The molecule has 0 radical (unpaired) electrons. The largest absolute Gasteiger partial charge is 0.452 e. The van der Waals surface area contributed by atoms with Gasteiger partial charge in [-0.2, -0.15) is 5.26 Å². The summed E-state index contributed by atoms with van der Waals surface area (Å²) in [5.74, 6) is 1.24. The topological polar surface area (TPSA) is 320 Å². The molecule has 3 unspecified atom stereocenters. The van der Waals surface area contributed by atoms with Crippen LogP contribution in [0, 0.1) is 49.9 Å². The summed E-state index contributed by atoms with van der Waals surface area (Å²) in [4.78, 5) is 106. The Morgan fingerprint density at radius 3 is 1.06 bits per heavy atom. The summed E-state index contributed by atoms with van der Waals surface area (Å²) in [7, 11) is 0. The van der Waals surface area contributed by atoms with Gasteiger partial charge in [0.15, 0.2) is 4.67 Å². The SMILES string of the molecule is Cc1ccc(C(=O)N(CCN)C(c2nc3c(oc4ccccc43)c(=O)n2Cc2ccc(Br)o2)C(C)C)cc1.Cc1ccc(C(=O)N(CCN)C(c2nc3c(oc4ccccc43)c(=O)n2Cc2ccc(Br)s2)C(C)C)cc1.Cc1ccc(C(=O)N(CCN)C(c2nc3c(oc4ccccc43)c(=O)n2Cc2ccc(C#N)s2)C(C)C)cc1. The van der Waals surface area contributed by atoms with E-state index in [0.717, 1.165) is 46.4 Å². The Balaban J connectivity index is 0.000000150. The predicted molar refractivity (Wildman–Crippen MR) is 459 cm³/mol. The molecule has 0 spiro atoms. The zero-order valence-electron chi connectivity index (χ0n) is 65.0. The number of nitrogens with two attached hydrogens (primary N) is 3. The molecule has 6 aromatic carbocycles. The van der Waals surface area contributed by atoms with E-state index in [2.05, 4.69) is 37.9 Å². The standard InChI is InChI=1S/C30H29N5O3S.C29H29BrN4O4.C29H29BrN4O3S/c1-18(2)26(34(15-14-31)29(36)20-10-8-19(3)9-11-20)28-33-25-23-6-4-5-7-24(23)38-27(25)30(37)35(28)17-22-13-12-21(16-32)39-22;1-17(2)25(33(15-14-31)28(35)19-10-8-18(3)9-11-19)27-32-24-21-6-4-5-7-22(21)38-26(24)29(36)34(27)16-20-12-13-23(30)37-20;1-17(2)25(33(15-14-31)28(35)19-10-8-18(3)9-11-19)27-32-24-21-6-4-5-7-22(21)37-26(24)29(36)34(27)16-20-12-13-23(30)38-20/h4-13,18,26H,14-15,17,31H2,1-3H3;2*4-13,17,25H,14-16,31H2,1-3H3. The van der Waals surface area contributed by atoms with Crippen LogP contribution in [0.15, 0.2) is 222 Å². The van der Waals surface area contributed by atoms with Gasteiger partial charge in [0.2, 0.25) is 16.7 Å². The lowest BCUT2D eigenvalue weighted by Gasteiger charge is -2.35. The third-order valence-electron chi connectivity index (χ3n) is 20.0. The normalized spacial score (nSPS) is 12.4. The van der Waals surface area contributed by atoms with Crippen LogP contribution < -0.4 is 33.9 Å². The number of carbonyl (C=O) groups is 3. The number of para-hydroxylation sites is 3. The minimum atomic E-state index is -0.552. The molecule has 6 N–H and O–H groups in total. The molecule has 27 heteroatoms. The van der Waals surface area contributed by atoms with E-state index in [0.29, 0.717) is 102 Å². The van der Waals surface area contributed by atoms with Gasteiger partial charge in [0.25, 0.3) is 34.4 Å². The molecule has 590 valence electrons. The van der Waals surface area contributed by atoms with Gasteiger partial charge in [-0.3, -0.25) is 42.5 Å². The van der Waals surface area contributed by atoms with Crippen LogP contribution in [0.5, 0.6) is 0 Å². The van der Waals surface area contributed by atoms with E-state index in [-0.39, 0.29) is 108 Å². The average Bonchev–Trinajstić information content (AvgIpc) is 1.65. The van der Waals surface area contributed by atoms with Crippen LogP contribution >= 0.6 is 54.5 Å². The molecule has 15 aromatic rings. The highest BCUT2D eigenvalue weighted by molar-refractivity contribution is 9.11. The van der Waals surface area contributed by atoms with Crippen LogP contribution in [-0.4, -0.2) is 100 Å². The maximum Gasteiger partial charge on any atom is 0.297 e. The molecule has 23 nitrogen and oxygen atoms in total. The molecule has 0 saturated heterocycles. The molecule has 3 amide bonds. The van der Waals surface area contributed by atoms with Crippen molar-refractivity contribution in [2.45, 2.75) is 100 Å². The van der Waals surface area contributed by atoms with Crippen molar-refractivity contribution in [3.05, 3.63) is 293 Å². The number of hydrogen-bond acceptors (Lipinski definition) is 19. The molecule has 115 heavy (non-hydrogen) atoms. The van der Waals surface area contributed by atoms with Gasteiger partial charge in [-0.05, 0) is 180 Å². The second kappa shape index (κ2) is 35.7. The fourth-order valence-electron chi connectivity index (χ4n) is 14.6. The number of aromatic nitrogens is 6. The number of hydrogen-bond donors (Lipinski definition) is 3. The van der Waals surface area contributed by atoms with Gasteiger partial charge in [0, 0.05) is 81.9 Å². The first-order valence-corrected chi connectivity index (χ1v) is 41.1. The van der Waals surface area contributed by atoms with Crippen molar-refractivity contribution in [3.8, 4) is 6.07 Å². The highest BCUT2D eigenvalue weighted by atomic mass is 79.9. The third-order valence-corrected chi connectivity index (χ3v) is 23.0. The van der Waals surface area contributed by atoms with Crippen molar-refractivity contribution >= 4 is 138 Å². The molecule has 0 aliphatic heterocycles. The summed E-state index contributed by atoms with van der Waals surface area (Å²) in [6.45, 7) is 20.3. The minimum Gasteiger partial charge on any atom is -0.452 e. The molecule has 0 bridgehead atoms. The van der Waals surface area contributed by atoms with Crippen LogP contribution in [0.2, 0.25) is 0 Å². The Morgan fingerprint density at radius 1 is 0.435 bits per heavy atom. The van der Waals surface area contributed by atoms with E-state index < -0.39 is 18.1 Å². The summed E-state index contributed by atoms with van der Waals surface area (Å²) in [5, 5.41) is 11.6. The number of nitrogens with zero attached hydrogens (tertiary/aromatic N) is 10. The highest BCUT2D eigenvalue weighted by Crippen LogP contribution is 2.38. The third kappa shape index (κ3) is 17.3. The van der Waals surface area contributed by atoms with E-state index in [1.165, 1.54) is 11.3 Å². The van der Waals surface area contributed by atoms with Gasteiger partial charge in [-0.25, -0.2) is 15.0 Å². The number of nitriles is 1. The van der Waals surface area contributed by atoms with Crippen LogP contribution in [0.3, 0.4) is 0 Å². The van der Waals surface area contributed by atoms with Gasteiger partial charge < -0.3 is 49.6 Å². The lowest BCUT2D eigenvalue weighted by atomic mass is 9.99. The quantitative estimate of drug-likeness (QED) is 0.0506. The zero-order valence-corrected chi connectivity index (χ0v) is 69.8. The van der Waals surface area contributed by atoms with E-state index in [4.69, 9.17) is 49.8 Å². The smallest absolute Gasteiger partial charge is 0.297 e. The number of furan rings is 4. The van der Waals surface area contributed by atoms with Crippen molar-refractivity contribution in [2.75, 3.05) is 39.3 Å². The fourth-order valence-corrected chi connectivity index (χ4v) is 17.2. The van der Waals surface area contributed by atoms with E-state index >= 15 is 0 Å². The number of carbonyl (C=O) groups excluding carboxylic acids is 3. The van der Waals surface area contributed by atoms with Gasteiger partial charge in [0.05, 0.1) is 41.5 Å². The van der Waals surface area contributed by atoms with Crippen LogP contribution in [0.25, 0.3) is 66.2 Å². The number of benzene rings is 6. The summed E-state index contributed by atoms with van der Waals surface area (Å²) in [6.07, 6.45) is 0. The number of rotatable bonds is 24. The van der Waals surface area contributed by atoms with E-state index in [1.54, 1.807) is 76.1 Å². The van der Waals surface area contributed by atoms with Crippen molar-refractivity contribution in [3.63, 3.8) is 0 Å². The second-order valence-corrected chi connectivity index (χ2v) is 33.7. The number of thiophene rings is 2. The molecule has 3 atom stereocenters. The molecule has 9 aromatic heterocycles. The average molecular weight is 1710 g/mol. The van der Waals surface area contributed by atoms with Crippen LogP contribution in [0.1, 0.15) is 145 Å². The maximum absolute atomic E-state index is 14.0. The van der Waals surface area contributed by atoms with Crippen LogP contribution in [-0.2, 0) is 19.6 Å². The molecule has 0 saturated carbocycles.